The van der Waals surface area contributed by atoms with Gasteiger partial charge in [0.25, 0.3) is 0 Å². The molecule has 3 unspecified atom stereocenters. The maximum Gasteiger partial charge on any atom is 0.171 e. The van der Waals surface area contributed by atoms with Crippen molar-refractivity contribution in [3.63, 3.8) is 0 Å². The monoisotopic (exact) mass is 261 g/mol. The number of rotatable bonds is 7. The number of aliphatic hydroxyl groups excluding tert-OH is 4. The molecule has 0 aromatic carbocycles. The average molecular weight is 261 g/mol. The molecule has 5 N–H and O–H groups in total. The summed E-state index contributed by atoms with van der Waals surface area (Å²) in [6.07, 6.45) is -4.23. The van der Waals surface area contributed by atoms with E-state index in [4.69, 9.17) is 10.2 Å². The molecule has 1 aliphatic heterocycles. The summed E-state index contributed by atoms with van der Waals surface area (Å²) in [5.41, 5.74) is 0. The van der Waals surface area contributed by atoms with Gasteiger partial charge in [-0.2, -0.15) is 0 Å². The van der Waals surface area contributed by atoms with E-state index in [1.54, 1.807) is 0 Å². The van der Waals surface area contributed by atoms with E-state index in [0.29, 0.717) is 6.42 Å². The number of hydrogen-bond acceptors (Lipinski definition) is 7. The molecule has 7 heteroatoms. The maximum absolute atomic E-state index is 11.6. The molecule has 104 valence electrons. The van der Waals surface area contributed by atoms with Crippen LogP contribution in [-0.4, -0.2) is 69.5 Å². The van der Waals surface area contributed by atoms with Crippen LogP contribution in [0.2, 0.25) is 0 Å². The van der Waals surface area contributed by atoms with Crippen molar-refractivity contribution >= 4 is 11.6 Å². The lowest BCUT2D eigenvalue weighted by Gasteiger charge is -2.20. The SMILES string of the molecule is O=C(CC(=O)[C@@H]1CCCN1)C(O)C(O)C(O)CO. The lowest BCUT2D eigenvalue weighted by atomic mass is 9.98. The molecule has 0 aliphatic carbocycles. The van der Waals surface area contributed by atoms with Crippen molar-refractivity contribution in [1.29, 1.82) is 0 Å². The minimum absolute atomic E-state index is 0.331. The van der Waals surface area contributed by atoms with Gasteiger partial charge in [0, 0.05) is 0 Å². The van der Waals surface area contributed by atoms with E-state index in [1.807, 2.05) is 0 Å². The van der Waals surface area contributed by atoms with Gasteiger partial charge in [0.2, 0.25) is 0 Å². The molecule has 0 amide bonds. The van der Waals surface area contributed by atoms with Gasteiger partial charge in [-0.3, -0.25) is 9.59 Å². The summed E-state index contributed by atoms with van der Waals surface area (Å²) in [5, 5.41) is 39.4. The van der Waals surface area contributed by atoms with Crippen LogP contribution in [0.25, 0.3) is 0 Å². The minimum atomic E-state index is -1.86. The molecule has 4 atom stereocenters. The van der Waals surface area contributed by atoms with Gasteiger partial charge >= 0.3 is 0 Å². The zero-order valence-electron chi connectivity index (χ0n) is 9.95. The fourth-order valence-electron chi connectivity index (χ4n) is 1.87. The molecule has 1 rings (SSSR count). The van der Waals surface area contributed by atoms with E-state index in [0.717, 1.165) is 13.0 Å². The Morgan fingerprint density at radius 2 is 1.94 bits per heavy atom. The number of aliphatic hydroxyl groups is 4. The first-order valence-electron chi connectivity index (χ1n) is 5.91. The van der Waals surface area contributed by atoms with Gasteiger partial charge in [0.15, 0.2) is 11.6 Å². The van der Waals surface area contributed by atoms with Crippen LogP contribution in [0.15, 0.2) is 0 Å². The first-order valence-corrected chi connectivity index (χ1v) is 5.91. The summed E-state index contributed by atoms with van der Waals surface area (Å²) in [7, 11) is 0. The number of carbonyl (C=O) groups excluding carboxylic acids is 2. The first kappa shape index (κ1) is 15.2. The van der Waals surface area contributed by atoms with Gasteiger partial charge in [0.05, 0.1) is 19.1 Å². The number of carbonyl (C=O) groups is 2. The molecule has 1 aliphatic rings. The van der Waals surface area contributed by atoms with Crippen molar-refractivity contribution in [1.82, 2.24) is 5.32 Å². The van der Waals surface area contributed by atoms with E-state index in [2.05, 4.69) is 5.32 Å². The normalized spacial score (nSPS) is 24.6. The molecule has 1 saturated heterocycles. The molecule has 18 heavy (non-hydrogen) atoms. The predicted octanol–water partition coefficient (Wildman–Crippen LogP) is -2.66. The molecule has 0 radical (unpaired) electrons. The van der Waals surface area contributed by atoms with E-state index >= 15 is 0 Å². The molecule has 0 saturated carbocycles. The molecule has 1 heterocycles. The van der Waals surface area contributed by atoms with Crippen molar-refractivity contribution < 1.29 is 30.0 Å². The van der Waals surface area contributed by atoms with Crippen molar-refractivity contribution in [3.05, 3.63) is 0 Å². The van der Waals surface area contributed by atoms with E-state index < -0.39 is 37.1 Å². The van der Waals surface area contributed by atoms with Crippen molar-refractivity contribution in [3.8, 4) is 0 Å². The van der Waals surface area contributed by atoms with Gasteiger partial charge in [-0.25, -0.2) is 0 Å². The van der Waals surface area contributed by atoms with Crippen molar-refractivity contribution in [2.45, 2.75) is 43.6 Å². The molecule has 0 aromatic rings. The van der Waals surface area contributed by atoms with E-state index in [9.17, 15) is 19.8 Å². The Bertz CT molecular complexity index is 302. The highest BCUT2D eigenvalue weighted by Gasteiger charge is 2.32. The van der Waals surface area contributed by atoms with Gasteiger partial charge in [-0.15, -0.1) is 0 Å². The van der Waals surface area contributed by atoms with Crippen LogP contribution in [0.3, 0.4) is 0 Å². The van der Waals surface area contributed by atoms with Crippen LogP contribution in [0.4, 0.5) is 0 Å². The standard InChI is InChI=1S/C11H19NO6/c13-5-9(16)11(18)10(17)8(15)4-7(14)6-2-1-3-12-6/h6,9-13,16-18H,1-5H2/t6-,9?,10?,11?/m0/s1. The highest BCUT2D eigenvalue weighted by molar-refractivity contribution is 6.03. The third-order valence-electron chi connectivity index (χ3n) is 3.03. The Morgan fingerprint density at radius 3 is 2.44 bits per heavy atom. The first-order chi connectivity index (χ1) is 8.47. The molecule has 1 fully saturated rings. The van der Waals surface area contributed by atoms with Crippen LogP contribution >= 0.6 is 0 Å². The smallest absolute Gasteiger partial charge is 0.171 e. The summed E-state index contributed by atoms with van der Waals surface area (Å²) in [6.45, 7) is -0.0529. The number of nitrogens with one attached hydrogen (secondary N) is 1. The molecular formula is C11H19NO6. The second kappa shape index (κ2) is 6.91. The quantitative estimate of drug-likeness (QED) is 0.316. The van der Waals surface area contributed by atoms with Gasteiger partial charge < -0.3 is 25.7 Å². The topological polar surface area (TPSA) is 127 Å². The minimum Gasteiger partial charge on any atom is -0.394 e. The Balaban J connectivity index is 2.46. The van der Waals surface area contributed by atoms with Gasteiger partial charge in [0.1, 0.15) is 18.3 Å². The van der Waals surface area contributed by atoms with Crippen LogP contribution in [-0.2, 0) is 9.59 Å². The highest BCUT2D eigenvalue weighted by atomic mass is 16.4. The number of hydrogen-bond donors (Lipinski definition) is 5. The lowest BCUT2D eigenvalue weighted by Crippen LogP contribution is -2.45. The van der Waals surface area contributed by atoms with Crippen LogP contribution in [0.1, 0.15) is 19.3 Å². The van der Waals surface area contributed by atoms with Crippen molar-refractivity contribution in [2.75, 3.05) is 13.2 Å². The van der Waals surface area contributed by atoms with Crippen LogP contribution < -0.4 is 5.32 Å². The summed E-state index contributed by atoms with van der Waals surface area (Å²) in [5.74, 6) is -1.18. The van der Waals surface area contributed by atoms with E-state index in [-0.39, 0.29) is 11.8 Å². The molecular weight excluding hydrogens is 242 g/mol. The van der Waals surface area contributed by atoms with Crippen molar-refractivity contribution in [2.24, 2.45) is 0 Å². The summed E-state index contributed by atoms with van der Waals surface area (Å²) < 4.78 is 0. The van der Waals surface area contributed by atoms with Gasteiger partial charge in [-0.1, -0.05) is 0 Å². The lowest BCUT2D eigenvalue weighted by molar-refractivity contribution is -0.143. The fraction of sp³-hybridized carbons (Fsp3) is 0.818. The Hall–Kier alpha value is -0.860. The second-order valence-corrected chi connectivity index (χ2v) is 4.44. The summed E-state index contributed by atoms with van der Waals surface area (Å²) in [4.78, 5) is 23.2. The second-order valence-electron chi connectivity index (χ2n) is 4.44. The number of ketones is 2. The average Bonchev–Trinajstić information content (AvgIpc) is 2.89. The third-order valence-corrected chi connectivity index (χ3v) is 3.03. The molecule has 0 bridgehead atoms. The zero-order valence-corrected chi connectivity index (χ0v) is 9.95. The molecule has 0 spiro atoms. The van der Waals surface area contributed by atoms with E-state index in [1.165, 1.54) is 0 Å². The van der Waals surface area contributed by atoms with Crippen LogP contribution in [0.5, 0.6) is 0 Å². The Kier molecular flexibility index (Phi) is 5.83. The third kappa shape index (κ3) is 3.82. The summed E-state index contributed by atoms with van der Waals surface area (Å²) in [6, 6.07) is -0.374. The Morgan fingerprint density at radius 1 is 1.28 bits per heavy atom. The predicted molar refractivity (Wildman–Crippen MR) is 60.8 cm³/mol. The van der Waals surface area contributed by atoms with Crippen LogP contribution in [0, 0.1) is 0 Å². The fourth-order valence-corrected chi connectivity index (χ4v) is 1.87. The highest BCUT2D eigenvalue weighted by Crippen LogP contribution is 2.10. The Labute approximate surface area is 104 Å². The largest absolute Gasteiger partial charge is 0.394 e. The number of Topliss-reactive ketones (excluding diaryl/α,β-unsaturated/α-hetero) is 2. The maximum atomic E-state index is 11.6. The molecule has 7 nitrogen and oxygen atoms in total. The summed E-state index contributed by atoms with van der Waals surface area (Å²) >= 11 is 0. The van der Waals surface area contributed by atoms with Gasteiger partial charge in [-0.05, 0) is 19.4 Å². The zero-order chi connectivity index (χ0) is 13.7. The molecule has 0 aromatic heterocycles.